The summed E-state index contributed by atoms with van der Waals surface area (Å²) in [5.41, 5.74) is -0.201. The fourth-order valence-electron chi connectivity index (χ4n) is 1.93. The van der Waals surface area contributed by atoms with Gasteiger partial charge in [0.05, 0.1) is 19.1 Å². The smallest absolute Gasteiger partial charge is 0.348 e. The third-order valence-electron chi connectivity index (χ3n) is 3.08. The third-order valence-corrected chi connectivity index (χ3v) is 5.16. The minimum Gasteiger partial charge on any atom is -0.466 e. The second kappa shape index (κ2) is 6.61. The van der Waals surface area contributed by atoms with E-state index in [-0.39, 0.29) is 20.5 Å². The van der Waals surface area contributed by atoms with Crippen molar-refractivity contribution in [3.63, 3.8) is 0 Å². The number of ether oxygens (including phenoxy) is 2. The summed E-state index contributed by atoms with van der Waals surface area (Å²) in [6.07, 6.45) is 2.31. The van der Waals surface area contributed by atoms with Crippen molar-refractivity contribution in [3.05, 3.63) is 44.3 Å². The lowest BCUT2D eigenvalue weighted by Crippen LogP contribution is -2.13. The van der Waals surface area contributed by atoms with Gasteiger partial charge in [0.2, 0.25) is 0 Å². The highest BCUT2D eigenvalue weighted by Gasteiger charge is 2.27. The predicted octanol–water partition coefficient (Wildman–Crippen LogP) is 0.619. The number of amides is 1. The third kappa shape index (κ3) is 3.10. The van der Waals surface area contributed by atoms with Crippen LogP contribution in [0, 0.1) is 0 Å². The second-order valence-corrected chi connectivity index (χ2v) is 6.63. The van der Waals surface area contributed by atoms with Crippen molar-refractivity contribution in [2.75, 3.05) is 14.2 Å². The summed E-state index contributed by atoms with van der Waals surface area (Å²) in [6, 6.07) is 1.15. The molecule has 0 unspecified atom stereocenters. The van der Waals surface area contributed by atoms with Gasteiger partial charge in [0.15, 0.2) is 0 Å². The molecule has 0 atom stereocenters. The number of fused-ring (bicyclic) bond motifs is 1. The van der Waals surface area contributed by atoms with Crippen LogP contribution in [-0.4, -0.2) is 46.5 Å². The molecule has 25 heavy (non-hydrogen) atoms. The van der Waals surface area contributed by atoms with E-state index >= 15 is 0 Å². The molecule has 0 bridgehead atoms. The highest BCUT2D eigenvalue weighted by molar-refractivity contribution is 8.19. The molecule has 1 aliphatic rings. The van der Waals surface area contributed by atoms with Crippen molar-refractivity contribution in [3.8, 4) is 0 Å². The van der Waals surface area contributed by atoms with Crippen molar-refractivity contribution in [1.29, 1.82) is 0 Å². The van der Waals surface area contributed by atoms with Crippen LogP contribution < -0.4 is 5.56 Å². The van der Waals surface area contributed by atoms with E-state index in [0.717, 1.165) is 35.2 Å². The van der Waals surface area contributed by atoms with Crippen molar-refractivity contribution in [2.45, 2.75) is 0 Å². The number of thioether (sulfide) groups is 1. The Bertz CT molecular complexity index is 1030. The first-order valence-corrected chi connectivity index (χ1v) is 8.28. The molecule has 0 spiro atoms. The quantitative estimate of drug-likeness (QED) is 0.563. The standard InChI is InChI=1S/C14H9N3O6S2/c1-22-9(19)4-6-11(20)16-12(24-6)10-13-17(5-15-10)8(18)3-7(25-13)14(21)23-2/h3-5H,1-2H3/b6-4+. The minimum absolute atomic E-state index is 0.0828. The summed E-state index contributed by atoms with van der Waals surface area (Å²) in [5, 5.41) is 0.223. The molecular weight excluding hydrogens is 370 g/mol. The molecule has 3 heterocycles. The Balaban J connectivity index is 2.07. The molecule has 0 aromatic carbocycles. The Kier molecular flexibility index (Phi) is 4.51. The number of rotatable bonds is 3. The molecule has 2 aromatic rings. The van der Waals surface area contributed by atoms with E-state index in [1.165, 1.54) is 24.9 Å². The first-order chi connectivity index (χ1) is 11.9. The summed E-state index contributed by atoms with van der Waals surface area (Å²) in [7, 11) is 2.40. The van der Waals surface area contributed by atoms with Gasteiger partial charge in [0.25, 0.3) is 11.5 Å². The van der Waals surface area contributed by atoms with Gasteiger partial charge in [-0.05, 0) is 0 Å². The first-order valence-electron chi connectivity index (χ1n) is 6.65. The fourth-order valence-corrected chi connectivity index (χ4v) is 3.88. The molecule has 2 aromatic heterocycles. The Morgan fingerprint density at radius 2 is 2.00 bits per heavy atom. The average Bonchev–Trinajstić information content (AvgIpc) is 3.18. The number of aromatic nitrogens is 2. The Hall–Kier alpha value is -2.79. The summed E-state index contributed by atoms with van der Waals surface area (Å²) < 4.78 is 10.3. The zero-order valence-electron chi connectivity index (χ0n) is 12.8. The lowest BCUT2D eigenvalue weighted by Gasteiger charge is -2.00. The van der Waals surface area contributed by atoms with Crippen molar-refractivity contribution in [1.82, 2.24) is 9.38 Å². The van der Waals surface area contributed by atoms with Crippen LogP contribution in [0.1, 0.15) is 15.4 Å². The van der Waals surface area contributed by atoms with Crippen LogP contribution in [0.15, 0.2) is 33.2 Å². The zero-order valence-corrected chi connectivity index (χ0v) is 14.5. The van der Waals surface area contributed by atoms with Crippen LogP contribution in [0.4, 0.5) is 0 Å². The highest BCUT2D eigenvalue weighted by Crippen LogP contribution is 2.32. The Labute approximate surface area is 148 Å². The molecule has 1 amide bonds. The molecule has 0 saturated heterocycles. The van der Waals surface area contributed by atoms with Gasteiger partial charge in [-0.1, -0.05) is 11.8 Å². The molecule has 0 N–H and O–H groups in total. The van der Waals surface area contributed by atoms with Gasteiger partial charge in [0, 0.05) is 12.1 Å². The first kappa shape index (κ1) is 17.0. The maximum atomic E-state index is 12.1. The number of esters is 2. The van der Waals surface area contributed by atoms with Crippen LogP contribution in [0.2, 0.25) is 0 Å². The van der Waals surface area contributed by atoms with E-state index in [0.29, 0.717) is 4.83 Å². The van der Waals surface area contributed by atoms with Crippen LogP contribution >= 0.6 is 23.1 Å². The molecule has 11 heteroatoms. The van der Waals surface area contributed by atoms with Gasteiger partial charge in [0.1, 0.15) is 26.8 Å². The molecule has 0 fully saturated rings. The maximum absolute atomic E-state index is 12.1. The van der Waals surface area contributed by atoms with E-state index in [4.69, 9.17) is 0 Å². The number of hydrogen-bond acceptors (Lipinski definition) is 9. The van der Waals surface area contributed by atoms with E-state index < -0.39 is 23.4 Å². The summed E-state index contributed by atoms with van der Waals surface area (Å²) in [4.78, 5) is 55.5. The molecule has 3 rings (SSSR count). The van der Waals surface area contributed by atoms with Gasteiger partial charge in [-0.25, -0.2) is 14.6 Å². The average molecular weight is 379 g/mol. The van der Waals surface area contributed by atoms with Crippen molar-refractivity contribution >= 4 is 50.8 Å². The number of imidazole rings is 1. The van der Waals surface area contributed by atoms with Gasteiger partial charge in [-0.3, -0.25) is 14.0 Å². The van der Waals surface area contributed by atoms with Crippen molar-refractivity contribution in [2.24, 2.45) is 4.99 Å². The number of carbonyl (C=O) groups is 3. The number of nitrogens with zero attached hydrogens (tertiary/aromatic N) is 3. The van der Waals surface area contributed by atoms with Gasteiger partial charge in [-0.15, -0.1) is 11.3 Å². The summed E-state index contributed by atoms with van der Waals surface area (Å²) in [5.74, 6) is -1.94. The minimum atomic E-state index is -0.681. The van der Waals surface area contributed by atoms with Crippen LogP contribution in [0.5, 0.6) is 0 Å². The van der Waals surface area contributed by atoms with Crippen molar-refractivity contribution < 1.29 is 23.9 Å². The molecule has 0 aliphatic carbocycles. The maximum Gasteiger partial charge on any atom is 0.348 e. The normalized spacial score (nSPS) is 15.5. The Morgan fingerprint density at radius 1 is 1.24 bits per heavy atom. The summed E-state index contributed by atoms with van der Waals surface area (Å²) in [6.45, 7) is 0. The molecule has 9 nitrogen and oxygen atoms in total. The number of methoxy groups -OCH3 is 2. The largest absolute Gasteiger partial charge is 0.466 e. The topological polar surface area (TPSA) is 116 Å². The molecule has 128 valence electrons. The van der Waals surface area contributed by atoms with Crippen LogP contribution in [0.3, 0.4) is 0 Å². The Morgan fingerprint density at radius 3 is 2.68 bits per heavy atom. The number of aliphatic imine (C=N–C) groups is 1. The number of hydrogen-bond donors (Lipinski definition) is 0. The number of carbonyl (C=O) groups excluding carboxylic acids is 3. The molecule has 0 saturated carbocycles. The molecule has 0 radical (unpaired) electrons. The summed E-state index contributed by atoms with van der Waals surface area (Å²) >= 11 is 1.92. The van der Waals surface area contributed by atoms with E-state index in [1.807, 2.05) is 0 Å². The predicted molar refractivity (Wildman–Crippen MR) is 89.9 cm³/mol. The SMILES string of the molecule is COC(=O)/C=C1/SC(c2ncn3c(=O)cc(C(=O)OC)sc23)=NC1=O. The van der Waals surface area contributed by atoms with E-state index in [2.05, 4.69) is 19.5 Å². The van der Waals surface area contributed by atoms with Gasteiger partial charge < -0.3 is 9.47 Å². The molecular formula is C14H9N3O6S2. The van der Waals surface area contributed by atoms with E-state index in [1.54, 1.807) is 0 Å². The lowest BCUT2D eigenvalue weighted by molar-refractivity contribution is -0.135. The van der Waals surface area contributed by atoms with Gasteiger partial charge in [-0.2, -0.15) is 4.99 Å². The van der Waals surface area contributed by atoms with Crippen LogP contribution in [-0.2, 0) is 19.1 Å². The fraction of sp³-hybridized carbons (Fsp3) is 0.143. The lowest BCUT2D eigenvalue weighted by atomic mass is 10.4. The second-order valence-electron chi connectivity index (χ2n) is 4.56. The van der Waals surface area contributed by atoms with Crippen LogP contribution in [0.25, 0.3) is 4.83 Å². The van der Waals surface area contributed by atoms with E-state index in [9.17, 15) is 19.2 Å². The zero-order chi connectivity index (χ0) is 18.1. The van der Waals surface area contributed by atoms with Gasteiger partial charge >= 0.3 is 11.9 Å². The highest BCUT2D eigenvalue weighted by atomic mass is 32.2. The molecule has 1 aliphatic heterocycles. The monoisotopic (exact) mass is 379 g/mol.